The summed E-state index contributed by atoms with van der Waals surface area (Å²) in [5.74, 6) is 2.11. The van der Waals surface area contributed by atoms with Crippen LogP contribution < -0.4 is 15.4 Å². The highest BCUT2D eigenvalue weighted by molar-refractivity contribution is 7.21. The van der Waals surface area contributed by atoms with Gasteiger partial charge in [0.1, 0.15) is 35.2 Å². The van der Waals surface area contributed by atoms with Gasteiger partial charge in [-0.15, -0.1) is 0 Å². The molecule has 7 nitrogen and oxygen atoms in total. The third-order valence-corrected chi connectivity index (χ3v) is 6.88. The Bertz CT molecular complexity index is 1390. The molecule has 34 heavy (non-hydrogen) atoms. The second-order valence-electron chi connectivity index (χ2n) is 8.90. The van der Waals surface area contributed by atoms with Gasteiger partial charge in [-0.25, -0.2) is 24.3 Å². The maximum absolute atomic E-state index is 13.5. The number of aromatic nitrogens is 4. The summed E-state index contributed by atoms with van der Waals surface area (Å²) in [5.41, 5.74) is 12.6. The molecule has 9 heteroatoms. The summed E-state index contributed by atoms with van der Waals surface area (Å²) in [4.78, 5) is 20.9. The van der Waals surface area contributed by atoms with E-state index < -0.39 is 6.67 Å². The summed E-state index contributed by atoms with van der Waals surface area (Å²) in [7, 11) is 0. The van der Waals surface area contributed by atoms with Crippen molar-refractivity contribution in [2.24, 2.45) is 0 Å². The van der Waals surface area contributed by atoms with E-state index in [0.29, 0.717) is 24.8 Å². The van der Waals surface area contributed by atoms with Crippen LogP contribution in [0.15, 0.2) is 24.4 Å². The molecule has 5 rings (SSSR count). The Morgan fingerprint density at radius 1 is 1.15 bits per heavy atom. The van der Waals surface area contributed by atoms with Crippen LogP contribution in [0.1, 0.15) is 48.0 Å². The molecule has 0 unspecified atom stereocenters. The minimum absolute atomic E-state index is 0.212. The number of benzene rings is 1. The number of alkyl halides is 1. The fourth-order valence-corrected chi connectivity index (χ4v) is 5.32. The van der Waals surface area contributed by atoms with Gasteiger partial charge in [-0.2, -0.15) is 0 Å². The zero-order chi connectivity index (χ0) is 24.0. The number of aryl methyl sites for hydroxylation is 2. The molecule has 1 aliphatic heterocycles. The Kier molecular flexibility index (Phi) is 5.81. The van der Waals surface area contributed by atoms with Crippen molar-refractivity contribution in [3.8, 4) is 16.9 Å². The van der Waals surface area contributed by atoms with Crippen molar-refractivity contribution in [3.63, 3.8) is 0 Å². The summed E-state index contributed by atoms with van der Waals surface area (Å²) < 4.78 is 19.7. The van der Waals surface area contributed by atoms with E-state index in [4.69, 9.17) is 10.5 Å². The fourth-order valence-electron chi connectivity index (χ4n) is 4.66. The van der Waals surface area contributed by atoms with E-state index >= 15 is 0 Å². The Balaban J connectivity index is 1.58. The molecule has 3 aromatic heterocycles. The highest BCUT2D eigenvalue weighted by Gasteiger charge is 2.24. The van der Waals surface area contributed by atoms with Crippen molar-refractivity contribution in [2.75, 3.05) is 23.8 Å². The van der Waals surface area contributed by atoms with Crippen molar-refractivity contribution in [1.29, 1.82) is 0 Å². The maximum Gasteiger partial charge on any atom is 0.182 e. The molecule has 0 spiro atoms. The number of nitrogens with zero attached hydrogens (tertiary/aromatic N) is 5. The van der Waals surface area contributed by atoms with Gasteiger partial charge in [0.25, 0.3) is 0 Å². The molecule has 4 heterocycles. The van der Waals surface area contributed by atoms with Crippen LogP contribution in [-0.2, 0) is 13.2 Å². The lowest BCUT2D eigenvalue weighted by Gasteiger charge is -2.26. The predicted octanol–water partition coefficient (Wildman–Crippen LogP) is 5.34. The molecule has 4 aromatic rings. The molecule has 1 aromatic carbocycles. The number of halogens is 1. The number of nitrogen functional groups attached to an aromatic ring is 1. The van der Waals surface area contributed by atoms with Crippen molar-refractivity contribution in [1.82, 2.24) is 19.9 Å². The van der Waals surface area contributed by atoms with Gasteiger partial charge in [0.15, 0.2) is 11.0 Å². The monoisotopic (exact) mass is 478 g/mol. The van der Waals surface area contributed by atoms with Crippen molar-refractivity contribution >= 4 is 32.6 Å². The molecule has 176 valence electrons. The van der Waals surface area contributed by atoms with E-state index in [1.165, 1.54) is 11.3 Å². The minimum atomic E-state index is -0.687. The van der Waals surface area contributed by atoms with Crippen LogP contribution in [0.25, 0.3) is 21.5 Å². The topological polar surface area (TPSA) is 90.0 Å². The molecule has 1 aliphatic rings. The molecule has 0 bridgehead atoms. The fraction of sp³-hybridized carbons (Fsp3) is 0.360. The van der Waals surface area contributed by atoms with Gasteiger partial charge < -0.3 is 15.4 Å². The van der Waals surface area contributed by atoms with Gasteiger partial charge >= 0.3 is 0 Å². The Labute approximate surface area is 201 Å². The first-order valence-electron chi connectivity index (χ1n) is 11.3. The van der Waals surface area contributed by atoms with E-state index in [1.54, 1.807) is 0 Å². The summed E-state index contributed by atoms with van der Waals surface area (Å²) in [5, 5.41) is 0.510. The molecule has 0 aliphatic carbocycles. The van der Waals surface area contributed by atoms with Crippen LogP contribution in [0.3, 0.4) is 0 Å². The molecule has 2 N–H and O–H groups in total. The number of hydrogen-bond donors (Lipinski definition) is 1. The first kappa shape index (κ1) is 22.5. The number of hydrogen-bond acceptors (Lipinski definition) is 8. The average molecular weight is 479 g/mol. The highest BCUT2D eigenvalue weighted by atomic mass is 32.1. The zero-order valence-electron chi connectivity index (χ0n) is 19.7. The first-order chi connectivity index (χ1) is 16.3. The van der Waals surface area contributed by atoms with E-state index in [1.807, 2.05) is 19.2 Å². The molecular formula is C25H27FN6OS. The SMILES string of the molecule is Cc1cc(-c2cnc3sc(N)nc3c2)cc2c1OCCN(c1nc(CF)nc(C)c1C(C)C)C2. The summed E-state index contributed by atoms with van der Waals surface area (Å²) >= 11 is 1.38. The lowest BCUT2D eigenvalue weighted by molar-refractivity contribution is 0.329. The number of anilines is 2. The quantitative estimate of drug-likeness (QED) is 0.423. The maximum atomic E-state index is 13.5. The van der Waals surface area contributed by atoms with Crippen molar-refractivity contribution in [2.45, 2.75) is 46.8 Å². The van der Waals surface area contributed by atoms with Crippen LogP contribution in [0.2, 0.25) is 0 Å². The largest absolute Gasteiger partial charge is 0.491 e. The van der Waals surface area contributed by atoms with Gasteiger partial charge in [0.2, 0.25) is 0 Å². The van der Waals surface area contributed by atoms with Crippen LogP contribution >= 0.6 is 11.3 Å². The molecule has 0 saturated carbocycles. The summed E-state index contributed by atoms with van der Waals surface area (Å²) in [6, 6.07) is 6.27. The second kappa shape index (κ2) is 8.79. The van der Waals surface area contributed by atoms with Crippen LogP contribution in [-0.4, -0.2) is 33.1 Å². The van der Waals surface area contributed by atoms with Crippen LogP contribution in [0.5, 0.6) is 5.75 Å². The Morgan fingerprint density at radius 3 is 2.74 bits per heavy atom. The van der Waals surface area contributed by atoms with Gasteiger partial charge in [0.05, 0.1) is 6.54 Å². The Morgan fingerprint density at radius 2 is 1.97 bits per heavy atom. The van der Waals surface area contributed by atoms with E-state index in [-0.39, 0.29) is 11.7 Å². The highest BCUT2D eigenvalue weighted by Crippen LogP contribution is 2.36. The van der Waals surface area contributed by atoms with Gasteiger partial charge in [-0.3, -0.25) is 0 Å². The van der Waals surface area contributed by atoms with Gasteiger partial charge in [0, 0.05) is 35.1 Å². The smallest absolute Gasteiger partial charge is 0.182 e. The van der Waals surface area contributed by atoms with Crippen molar-refractivity contribution in [3.05, 3.63) is 52.6 Å². The summed E-state index contributed by atoms with van der Waals surface area (Å²) in [6.45, 7) is 9.30. The lowest BCUT2D eigenvalue weighted by atomic mass is 9.99. The average Bonchev–Trinajstić information content (AvgIpc) is 3.03. The van der Waals surface area contributed by atoms with E-state index in [9.17, 15) is 4.39 Å². The Hall–Kier alpha value is -3.33. The third kappa shape index (κ3) is 4.04. The summed E-state index contributed by atoms with van der Waals surface area (Å²) in [6.07, 6.45) is 1.86. The molecular weight excluding hydrogens is 451 g/mol. The predicted molar refractivity (Wildman–Crippen MR) is 134 cm³/mol. The normalized spacial score (nSPS) is 13.8. The molecule has 0 radical (unpaired) electrons. The van der Waals surface area contributed by atoms with Crippen LogP contribution in [0.4, 0.5) is 15.3 Å². The number of thiazole rings is 1. The van der Waals surface area contributed by atoms with Crippen molar-refractivity contribution < 1.29 is 9.13 Å². The number of ether oxygens (including phenoxy) is 1. The van der Waals surface area contributed by atoms with E-state index in [0.717, 1.165) is 55.4 Å². The molecule has 0 atom stereocenters. The lowest BCUT2D eigenvalue weighted by Crippen LogP contribution is -2.28. The minimum Gasteiger partial charge on any atom is -0.491 e. The molecule has 0 fully saturated rings. The zero-order valence-corrected chi connectivity index (χ0v) is 20.5. The number of fused-ring (bicyclic) bond motifs is 2. The number of pyridine rings is 1. The van der Waals surface area contributed by atoms with Gasteiger partial charge in [-0.1, -0.05) is 25.2 Å². The number of nitrogens with two attached hydrogens (primary N) is 1. The standard InChI is InChI=1S/C25H27FN6OS/c1-13(2)21-15(4)29-20(10-26)31-23(21)32-5-6-33-22-14(3)7-16(8-18(22)12-32)17-9-19-24(28-11-17)34-25(27)30-19/h7-9,11,13H,5-6,10,12H2,1-4H3,(H2,27,30). The molecule has 0 saturated heterocycles. The number of rotatable bonds is 4. The first-order valence-corrected chi connectivity index (χ1v) is 12.1. The third-order valence-electron chi connectivity index (χ3n) is 6.08. The van der Waals surface area contributed by atoms with Crippen LogP contribution in [0, 0.1) is 13.8 Å². The van der Waals surface area contributed by atoms with E-state index in [2.05, 4.69) is 57.7 Å². The van der Waals surface area contributed by atoms with Gasteiger partial charge in [-0.05, 0) is 49.1 Å². The second-order valence-corrected chi connectivity index (χ2v) is 9.91. The molecule has 0 amide bonds.